The van der Waals surface area contributed by atoms with Gasteiger partial charge in [0, 0.05) is 36.8 Å². The van der Waals surface area contributed by atoms with E-state index in [1.54, 1.807) is 0 Å². The van der Waals surface area contributed by atoms with E-state index in [1.165, 1.54) is 7.11 Å². The Morgan fingerprint density at radius 2 is 2.14 bits per heavy atom. The maximum Gasteiger partial charge on any atom is 0.180 e. The summed E-state index contributed by atoms with van der Waals surface area (Å²) in [5.41, 5.74) is 1.93. The average Bonchev–Trinajstić information content (AvgIpc) is 2.59. The molecule has 3 nitrogen and oxygen atoms in total. The molecular formula is C11H13NO2. The van der Waals surface area contributed by atoms with Crippen LogP contribution in [0, 0.1) is 0 Å². The highest BCUT2D eigenvalue weighted by atomic mass is 16.6. The number of rotatable bonds is 2. The van der Waals surface area contributed by atoms with Crippen LogP contribution in [0.3, 0.4) is 0 Å². The lowest BCUT2D eigenvalue weighted by Gasteiger charge is -2.08. The van der Waals surface area contributed by atoms with Gasteiger partial charge in [-0.3, -0.25) is 0 Å². The monoisotopic (exact) mass is 191 g/mol. The van der Waals surface area contributed by atoms with Crippen molar-refractivity contribution in [1.82, 2.24) is 4.57 Å². The van der Waals surface area contributed by atoms with Crippen LogP contribution in [0.4, 0.5) is 0 Å². The highest BCUT2D eigenvalue weighted by Crippen LogP contribution is 2.21. The van der Waals surface area contributed by atoms with Gasteiger partial charge < -0.3 is 14.4 Å². The van der Waals surface area contributed by atoms with Gasteiger partial charge in [0.2, 0.25) is 0 Å². The van der Waals surface area contributed by atoms with Gasteiger partial charge in [-0.05, 0) is 18.2 Å². The summed E-state index contributed by atoms with van der Waals surface area (Å²) in [6.45, 7) is 0. The number of methoxy groups -OCH3 is 1. The summed E-state index contributed by atoms with van der Waals surface area (Å²) in [6.07, 6.45) is 1.16. The molecule has 0 bridgehead atoms. The standard InChI is InChI=1S/C11H13NO2/c1-12-6-5-8-7-9(11(13)14-2)3-4-10(8)12/h3-7,11,13H,1-2H3. The molecule has 74 valence electrons. The normalized spacial score (nSPS) is 13.4. The zero-order valence-corrected chi connectivity index (χ0v) is 8.27. The molecule has 0 aliphatic heterocycles. The summed E-state index contributed by atoms with van der Waals surface area (Å²) < 4.78 is 6.88. The van der Waals surface area contributed by atoms with E-state index < -0.39 is 6.29 Å². The molecule has 1 aromatic heterocycles. The summed E-state index contributed by atoms with van der Waals surface area (Å²) in [7, 11) is 3.48. The van der Waals surface area contributed by atoms with Crippen LogP contribution < -0.4 is 0 Å². The molecule has 0 saturated carbocycles. The zero-order chi connectivity index (χ0) is 10.1. The quantitative estimate of drug-likeness (QED) is 0.735. The van der Waals surface area contributed by atoms with Crippen LogP contribution in [0.15, 0.2) is 30.5 Å². The van der Waals surface area contributed by atoms with Crippen LogP contribution in [0.1, 0.15) is 11.9 Å². The van der Waals surface area contributed by atoms with Crippen LogP contribution in [0.25, 0.3) is 10.9 Å². The number of hydrogen-bond donors (Lipinski definition) is 1. The Balaban J connectivity index is 2.52. The minimum absolute atomic E-state index is 0.784. The molecule has 0 amide bonds. The number of ether oxygens (including phenoxy) is 1. The second kappa shape index (κ2) is 3.44. The molecule has 1 heterocycles. The number of aryl methyl sites for hydroxylation is 1. The van der Waals surface area contributed by atoms with Crippen LogP contribution in [-0.2, 0) is 11.8 Å². The Hall–Kier alpha value is -1.32. The number of hydrogen-bond acceptors (Lipinski definition) is 2. The second-order valence-corrected chi connectivity index (χ2v) is 3.33. The van der Waals surface area contributed by atoms with E-state index in [4.69, 9.17) is 4.74 Å². The molecule has 0 fully saturated rings. The third-order valence-corrected chi connectivity index (χ3v) is 2.42. The predicted octanol–water partition coefficient (Wildman–Crippen LogP) is 1.82. The number of aliphatic hydroxyl groups excluding tert-OH is 1. The smallest absolute Gasteiger partial charge is 0.180 e. The number of fused-ring (bicyclic) bond motifs is 1. The first-order valence-electron chi connectivity index (χ1n) is 4.48. The van der Waals surface area contributed by atoms with Crippen molar-refractivity contribution in [3.63, 3.8) is 0 Å². The van der Waals surface area contributed by atoms with Crippen LogP contribution in [0.2, 0.25) is 0 Å². The summed E-state index contributed by atoms with van der Waals surface area (Å²) >= 11 is 0. The average molecular weight is 191 g/mol. The highest BCUT2D eigenvalue weighted by molar-refractivity contribution is 5.80. The molecule has 0 radical (unpaired) electrons. The van der Waals surface area contributed by atoms with Crippen molar-refractivity contribution in [3.8, 4) is 0 Å². The lowest BCUT2D eigenvalue weighted by Crippen LogP contribution is -1.98. The van der Waals surface area contributed by atoms with Crippen molar-refractivity contribution < 1.29 is 9.84 Å². The highest BCUT2D eigenvalue weighted by Gasteiger charge is 2.06. The molecule has 2 aromatic rings. The van der Waals surface area contributed by atoms with Crippen molar-refractivity contribution in [3.05, 3.63) is 36.0 Å². The van der Waals surface area contributed by atoms with E-state index in [9.17, 15) is 5.11 Å². The van der Waals surface area contributed by atoms with Gasteiger partial charge in [0.05, 0.1) is 0 Å². The van der Waals surface area contributed by atoms with Gasteiger partial charge in [-0.25, -0.2) is 0 Å². The molecule has 1 N–H and O–H groups in total. The van der Waals surface area contributed by atoms with E-state index in [0.717, 1.165) is 16.5 Å². The van der Waals surface area contributed by atoms with E-state index in [-0.39, 0.29) is 0 Å². The summed E-state index contributed by atoms with van der Waals surface area (Å²) in [5, 5.41) is 10.6. The number of aromatic nitrogens is 1. The number of aliphatic hydroxyl groups is 1. The fourth-order valence-electron chi connectivity index (χ4n) is 1.59. The van der Waals surface area contributed by atoms with Gasteiger partial charge in [0.1, 0.15) is 0 Å². The third-order valence-electron chi connectivity index (χ3n) is 2.42. The van der Waals surface area contributed by atoms with Gasteiger partial charge in [-0.2, -0.15) is 0 Å². The fourth-order valence-corrected chi connectivity index (χ4v) is 1.59. The molecule has 1 aromatic carbocycles. The molecule has 1 atom stereocenters. The molecule has 0 aliphatic carbocycles. The minimum Gasteiger partial charge on any atom is -0.364 e. The van der Waals surface area contributed by atoms with Crippen molar-refractivity contribution in [2.45, 2.75) is 6.29 Å². The van der Waals surface area contributed by atoms with Gasteiger partial charge in [0.15, 0.2) is 6.29 Å². The lowest BCUT2D eigenvalue weighted by molar-refractivity contribution is -0.0768. The predicted molar refractivity (Wildman–Crippen MR) is 54.9 cm³/mol. The van der Waals surface area contributed by atoms with Gasteiger partial charge >= 0.3 is 0 Å². The van der Waals surface area contributed by atoms with E-state index >= 15 is 0 Å². The van der Waals surface area contributed by atoms with Crippen molar-refractivity contribution in [2.75, 3.05) is 7.11 Å². The molecule has 0 aliphatic rings. The first-order chi connectivity index (χ1) is 6.72. The fraction of sp³-hybridized carbons (Fsp3) is 0.273. The van der Waals surface area contributed by atoms with Gasteiger partial charge in [-0.1, -0.05) is 6.07 Å². The van der Waals surface area contributed by atoms with Crippen LogP contribution in [-0.4, -0.2) is 16.8 Å². The van der Waals surface area contributed by atoms with E-state index in [0.29, 0.717) is 0 Å². The summed E-state index contributed by atoms with van der Waals surface area (Å²) in [4.78, 5) is 0. The van der Waals surface area contributed by atoms with Gasteiger partial charge in [0.25, 0.3) is 0 Å². The molecule has 0 saturated heterocycles. The Bertz CT molecular complexity index is 447. The van der Waals surface area contributed by atoms with Gasteiger partial charge in [-0.15, -0.1) is 0 Å². The van der Waals surface area contributed by atoms with Crippen LogP contribution in [0.5, 0.6) is 0 Å². The first-order valence-corrected chi connectivity index (χ1v) is 4.48. The topological polar surface area (TPSA) is 34.4 Å². The first kappa shape index (κ1) is 9.24. The van der Waals surface area contributed by atoms with Crippen molar-refractivity contribution in [2.24, 2.45) is 7.05 Å². The Morgan fingerprint density at radius 3 is 2.86 bits per heavy atom. The Kier molecular flexibility index (Phi) is 2.27. The number of benzene rings is 1. The lowest BCUT2D eigenvalue weighted by atomic mass is 10.1. The molecule has 2 rings (SSSR count). The molecular weight excluding hydrogens is 178 g/mol. The third kappa shape index (κ3) is 1.41. The van der Waals surface area contributed by atoms with Crippen LogP contribution >= 0.6 is 0 Å². The van der Waals surface area contributed by atoms with E-state index in [1.807, 2.05) is 42.1 Å². The summed E-state index contributed by atoms with van der Waals surface area (Å²) in [5.74, 6) is 0. The van der Waals surface area contributed by atoms with Crippen molar-refractivity contribution in [1.29, 1.82) is 0 Å². The Morgan fingerprint density at radius 1 is 1.36 bits per heavy atom. The van der Waals surface area contributed by atoms with E-state index in [2.05, 4.69) is 0 Å². The molecule has 3 heteroatoms. The minimum atomic E-state index is -0.834. The molecule has 0 spiro atoms. The second-order valence-electron chi connectivity index (χ2n) is 3.33. The summed E-state index contributed by atoms with van der Waals surface area (Å²) in [6, 6.07) is 7.80. The van der Waals surface area contributed by atoms with Crippen molar-refractivity contribution >= 4 is 10.9 Å². The largest absolute Gasteiger partial charge is 0.364 e. The number of nitrogens with zero attached hydrogens (tertiary/aromatic N) is 1. The zero-order valence-electron chi connectivity index (χ0n) is 8.27. The SMILES string of the molecule is COC(O)c1ccc2c(ccn2C)c1. The molecule has 1 unspecified atom stereocenters. The maximum atomic E-state index is 9.47. The maximum absolute atomic E-state index is 9.47. The Labute approximate surface area is 82.5 Å². The molecule has 14 heavy (non-hydrogen) atoms.